The summed E-state index contributed by atoms with van der Waals surface area (Å²) in [6.45, 7) is 15.1. The smallest absolute Gasteiger partial charge is 0.219 e. The summed E-state index contributed by atoms with van der Waals surface area (Å²) >= 11 is 0. The monoisotopic (exact) mass is 283 g/mol. The van der Waals surface area contributed by atoms with E-state index in [2.05, 4.69) is 25.7 Å². The number of hydrogen-bond donors (Lipinski definition) is 2. The maximum absolute atomic E-state index is 11.2. The van der Waals surface area contributed by atoms with Gasteiger partial charge in [-0.3, -0.25) is 4.79 Å². The number of allylic oxidation sites excluding steroid dienone is 1. The van der Waals surface area contributed by atoms with E-state index in [1.165, 1.54) is 6.42 Å². The molecule has 0 radical (unpaired) electrons. The van der Waals surface area contributed by atoms with Crippen LogP contribution in [-0.2, 0) is 4.79 Å². The van der Waals surface area contributed by atoms with E-state index in [4.69, 9.17) is 5.73 Å². The number of rotatable bonds is 3. The van der Waals surface area contributed by atoms with E-state index in [0.29, 0.717) is 11.6 Å². The van der Waals surface area contributed by atoms with Crippen LogP contribution in [0.15, 0.2) is 24.0 Å². The molecular formula is C16H33N3O. The summed E-state index contributed by atoms with van der Waals surface area (Å²) in [6, 6.07) is 0. The third kappa shape index (κ3) is 8.62. The molecule has 1 amide bonds. The molecule has 0 aromatic rings. The van der Waals surface area contributed by atoms with Crippen LogP contribution in [0.25, 0.3) is 0 Å². The molecule has 3 N–H and O–H groups in total. The molecule has 0 aliphatic carbocycles. The van der Waals surface area contributed by atoms with Crippen molar-refractivity contribution in [3.63, 3.8) is 0 Å². The van der Waals surface area contributed by atoms with Gasteiger partial charge in [0.1, 0.15) is 0 Å². The number of nitrogens with zero attached hydrogens (tertiary/aromatic N) is 1. The van der Waals surface area contributed by atoms with Gasteiger partial charge < -0.3 is 16.0 Å². The average molecular weight is 283 g/mol. The molecule has 1 atom stereocenters. The van der Waals surface area contributed by atoms with Crippen molar-refractivity contribution in [2.45, 2.75) is 47.5 Å². The average Bonchev–Trinajstić information content (AvgIpc) is 2.88. The maximum Gasteiger partial charge on any atom is 0.219 e. The van der Waals surface area contributed by atoms with Crippen LogP contribution in [-0.4, -0.2) is 30.9 Å². The molecule has 118 valence electrons. The van der Waals surface area contributed by atoms with Crippen molar-refractivity contribution >= 4 is 5.91 Å². The van der Waals surface area contributed by atoms with Crippen molar-refractivity contribution < 1.29 is 4.79 Å². The van der Waals surface area contributed by atoms with Crippen LogP contribution in [0.5, 0.6) is 0 Å². The Balaban J connectivity index is 0. The van der Waals surface area contributed by atoms with Gasteiger partial charge in [-0.25, -0.2) is 0 Å². The lowest BCUT2D eigenvalue weighted by atomic mass is 10.0. The summed E-state index contributed by atoms with van der Waals surface area (Å²) in [7, 11) is 1.87. The second-order valence-corrected chi connectivity index (χ2v) is 4.58. The molecule has 1 rings (SSSR count). The summed E-state index contributed by atoms with van der Waals surface area (Å²) in [4.78, 5) is 13.0. The Bertz CT molecular complexity index is 311. The van der Waals surface area contributed by atoms with Crippen LogP contribution in [0.4, 0.5) is 0 Å². The van der Waals surface area contributed by atoms with Crippen molar-refractivity contribution in [3.8, 4) is 0 Å². The van der Waals surface area contributed by atoms with E-state index in [9.17, 15) is 4.79 Å². The van der Waals surface area contributed by atoms with Gasteiger partial charge in [-0.1, -0.05) is 40.7 Å². The number of carbonyl (C=O) groups is 1. The highest BCUT2D eigenvalue weighted by atomic mass is 16.2. The lowest BCUT2D eigenvalue weighted by molar-refractivity contribution is -0.127. The zero-order valence-electron chi connectivity index (χ0n) is 14.1. The van der Waals surface area contributed by atoms with Gasteiger partial charge in [-0.2, -0.15) is 0 Å². The van der Waals surface area contributed by atoms with Crippen LogP contribution in [0.1, 0.15) is 47.5 Å². The van der Waals surface area contributed by atoms with Crippen LogP contribution in [0.3, 0.4) is 0 Å². The van der Waals surface area contributed by atoms with Gasteiger partial charge >= 0.3 is 0 Å². The van der Waals surface area contributed by atoms with Crippen LogP contribution < -0.4 is 11.1 Å². The summed E-state index contributed by atoms with van der Waals surface area (Å²) < 4.78 is 0. The van der Waals surface area contributed by atoms with Gasteiger partial charge in [0.15, 0.2) is 0 Å². The van der Waals surface area contributed by atoms with E-state index in [0.717, 1.165) is 25.2 Å². The first-order valence-electron chi connectivity index (χ1n) is 7.55. The largest absolute Gasteiger partial charge is 0.399 e. The molecular weight excluding hydrogens is 250 g/mol. The minimum absolute atomic E-state index is 0.138. The van der Waals surface area contributed by atoms with Crippen molar-refractivity contribution in [1.29, 1.82) is 0 Å². The second-order valence-electron chi connectivity index (χ2n) is 4.58. The number of amides is 1. The Labute approximate surface area is 125 Å². The second kappa shape index (κ2) is 12.6. The molecule has 0 bridgehead atoms. The first-order valence-corrected chi connectivity index (χ1v) is 7.55. The van der Waals surface area contributed by atoms with Gasteiger partial charge in [-0.05, 0) is 12.5 Å². The first kappa shape index (κ1) is 20.9. The molecule has 20 heavy (non-hydrogen) atoms. The summed E-state index contributed by atoms with van der Waals surface area (Å²) in [6.07, 6.45) is 4.08. The Kier molecular flexibility index (Phi) is 13.1. The number of hydrogen-bond acceptors (Lipinski definition) is 3. The third-order valence-corrected chi connectivity index (χ3v) is 2.70. The fraction of sp³-hybridized carbons (Fsp3) is 0.688. The highest BCUT2D eigenvalue weighted by Gasteiger charge is 2.26. The van der Waals surface area contributed by atoms with Crippen LogP contribution >= 0.6 is 0 Å². The standard InChI is InChI=1S/C11H19N3O.C3H8.C2H6/c1-8(12)6-11(13-3)10-4-5-14(7-10)9(2)15;1-3-2;1-2/h6,10,13H,1,4-5,7,12H2,2-3H3;3H2,1-2H3;1-2H3/b11-6-;;. The molecule has 1 saturated heterocycles. The van der Waals surface area contributed by atoms with Crippen LogP contribution in [0, 0.1) is 5.92 Å². The van der Waals surface area contributed by atoms with E-state index >= 15 is 0 Å². The summed E-state index contributed by atoms with van der Waals surface area (Å²) in [5.74, 6) is 0.499. The molecule has 4 heteroatoms. The Morgan fingerprint density at radius 1 is 1.45 bits per heavy atom. The molecule has 4 nitrogen and oxygen atoms in total. The summed E-state index contributed by atoms with van der Waals surface area (Å²) in [5.41, 5.74) is 7.14. The van der Waals surface area contributed by atoms with Gasteiger partial charge in [0.25, 0.3) is 0 Å². The molecule has 0 aromatic heterocycles. The van der Waals surface area contributed by atoms with E-state index in [1.807, 2.05) is 31.9 Å². The molecule has 1 aliphatic rings. The van der Waals surface area contributed by atoms with E-state index in [-0.39, 0.29) is 5.91 Å². The van der Waals surface area contributed by atoms with Gasteiger partial charge in [0.05, 0.1) is 0 Å². The topological polar surface area (TPSA) is 58.4 Å². The quantitative estimate of drug-likeness (QED) is 0.783. The zero-order chi connectivity index (χ0) is 16.1. The van der Waals surface area contributed by atoms with Gasteiger partial charge in [0, 0.05) is 44.4 Å². The highest BCUT2D eigenvalue weighted by Crippen LogP contribution is 2.22. The highest BCUT2D eigenvalue weighted by molar-refractivity contribution is 5.73. The van der Waals surface area contributed by atoms with Crippen LogP contribution in [0.2, 0.25) is 0 Å². The molecule has 1 aliphatic heterocycles. The fourth-order valence-corrected chi connectivity index (χ4v) is 1.89. The Hall–Kier alpha value is -1.45. The number of carbonyl (C=O) groups excluding carboxylic acids is 1. The van der Waals surface area contributed by atoms with Crippen molar-refractivity contribution in [1.82, 2.24) is 10.2 Å². The Morgan fingerprint density at radius 2 is 1.95 bits per heavy atom. The predicted octanol–water partition coefficient (Wildman–Crippen LogP) is 2.87. The SMILES string of the molecule is C=C(N)/C=C(\NC)C1CCN(C(C)=O)C1.CC.CCC. The molecule has 1 unspecified atom stereocenters. The van der Waals surface area contributed by atoms with Crippen molar-refractivity contribution in [2.24, 2.45) is 11.7 Å². The van der Waals surface area contributed by atoms with Crippen molar-refractivity contribution in [3.05, 3.63) is 24.0 Å². The minimum Gasteiger partial charge on any atom is -0.399 e. The van der Waals surface area contributed by atoms with E-state index in [1.54, 1.807) is 6.92 Å². The minimum atomic E-state index is 0.138. The number of nitrogens with two attached hydrogens (primary N) is 1. The lowest BCUT2D eigenvalue weighted by Crippen LogP contribution is -2.27. The lowest BCUT2D eigenvalue weighted by Gasteiger charge is -2.16. The zero-order valence-corrected chi connectivity index (χ0v) is 14.1. The van der Waals surface area contributed by atoms with Gasteiger partial charge in [-0.15, -0.1) is 0 Å². The first-order chi connectivity index (χ1) is 9.46. The Morgan fingerprint density at radius 3 is 2.25 bits per heavy atom. The molecule has 0 saturated carbocycles. The van der Waals surface area contributed by atoms with E-state index < -0.39 is 0 Å². The molecule has 1 fully saturated rings. The maximum atomic E-state index is 11.2. The van der Waals surface area contributed by atoms with Gasteiger partial charge in [0.2, 0.25) is 5.91 Å². The number of likely N-dealkylation sites (tertiary alicyclic amines) is 1. The predicted molar refractivity (Wildman–Crippen MR) is 88.1 cm³/mol. The van der Waals surface area contributed by atoms with Crippen molar-refractivity contribution in [2.75, 3.05) is 20.1 Å². The molecule has 0 spiro atoms. The molecule has 1 heterocycles. The summed E-state index contributed by atoms with van der Waals surface area (Å²) in [5, 5.41) is 3.12. The normalized spacial score (nSPS) is 17.4. The third-order valence-electron chi connectivity index (χ3n) is 2.70. The number of nitrogens with one attached hydrogen (secondary N) is 1. The molecule has 0 aromatic carbocycles. The fourth-order valence-electron chi connectivity index (χ4n) is 1.89.